The molecule has 88 heavy (non-hydrogen) atoms. The number of aryl methyl sites for hydroxylation is 2. The zero-order valence-electron chi connectivity index (χ0n) is 51.2. The number of carbonyl (C=O) groups excluding carboxylic acids is 2. The minimum absolute atomic E-state index is 0.0523. The fourth-order valence-corrected chi connectivity index (χ4v) is 11.5. The van der Waals surface area contributed by atoms with E-state index in [0.717, 1.165) is 22.2 Å². The van der Waals surface area contributed by atoms with Crippen molar-refractivity contribution in [3.8, 4) is 11.1 Å². The van der Waals surface area contributed by atoms with Crippen LogP contribution in [0.4, 0.5) is 70.6 Å². The topological polar surface area (TPSA) is 226 Å². The van der Waals surface area contributed by atoms with Gasteiger partial charge in [-0.05, 0) is 159 Å². The van der Waals surface area contributed by atoms with Crippen molar-refractivity contribution < 1.29 is 71.5 Å². The van der Waals surface area contributed by atoms with Crippen LogP contribution in [-0.4, -0.2) is 169 Å². The number of benzene rings is 2. The van der Waals surface area contributed by atoms with Crippen molar-refractivity contribution in [2.24, 2.45) is 11.8 Å². The number of morpholine rings is 2. The largest absolute Gasteiger partial charge is 0.495 e. The molecule has 4 aromatic rings. The van der Waals surface area contributed by atoms with Gasteiger partial charge in [0.1, 0.15) is 23.3 Å². The Bertz CT molecular complexity index is 3300. The van der Waals surface area contributed by atoms with Crippen molar-refractivity contribution in [3.05, 3.63) is 76.8 Å². The second kappa shape index (κ2) is 28.5. The Balaban J connectivity index is 0.000000199. The summed E-state index contributed by atoms with van der Waals surface area (Å²) in [5, 5.41) is 4.86. The predicted molar refractivity (Wildman–Crippen MR) is 331 cm³/mol. The van der Waals surface area contributed by atoms with Crippen molar-refractivity contribution >= 4 is 90.9 Å². The van der Waals surface area contributed by atoms with Crippen LogP contribution in [0.15, 0.2) is 60.7 Å². The summed E-state index contributed by atoms with van der Waals surface area (Å²) >= 11 is 6.04. The van der Waals surface area contributed by atoms with Crippen LogP contribution in [-0.2, 0) is 38.8 Å². The van der Waals surface area contributed by atoms with Gasteiger partial charge in [-0.1, -0.05) is 29.3 Å². The second-order valence-electron chi connectivity index (χ2n) is 24.1. The number of hydrogen-bond acceptors (Lipinski definition) is 14. The number of sulfonamides is 2. The maximum absolute atomic E-state index is 12.8. The Morgan fingerprint density at radius 2 is 1.05 bits per heavy atom. The fraction of sp³-hybridized carbons (Fsp3) is 0.586. The average molecular weight is 1300 g/mol. The number of hydrogen-bond donors (Lipinski definition) is 4. The molecule has 9 rings (SSSR count). The van der Waals surface area contributed by atoms with Crippen LogP contribution in [0.25, 0.3) is 11.1 Å². The number of alkyl halides is 6. The van der Waals surface area contributed by atoms with E-state index in [0.29, 0.717) is 106 Å². The van der Waals surface area contributed by atoms with Gasteiger partial charge in [0.25, 0.3) is 0 Å². The SMILES string of the molecule is CC(C)S(=O)(=O)Nc1cc(Cl)cc(N2CCOCC2)n1.Cc1ccc(NC(=O)N2CC[C@@H](CC(F)(F)F)C2)cc1-c1cc(NS(=O)(=O)C(C)C)nc(N2CCOCC2)c1.Cc1ccc(NC(=O)N2CC[C@@H](CC(F)(F)F)C2)cc1B1OC(C)(C)C(C)(C)O1. The standard InChI is InChI=1S/C26H34F3N5O4S.C20H28BF3N2O3.C12H18ClN3O3S/c1-17(2)39(36,37)32-23-12-20(13-24(31-23)33-8-10-38-11-9-33)22-14-21(5-4-18(22)3)30-25(35)34-7-6-19(16-34)15-26(27,28)29;1-13-6-7-15(10-16(13)21-28-18(2,3)19(4,5)29-21)25-17(27)26-9-8-14(12-26)11-20(22,23)24;1-9(2)20(17,18)15-11-7-10(13)8-12(14-11)16-3-5-19-6-4-16/h4-5,12-14,17,19H,6-11,15-16H2,1-3H3,(H,30,35)(H,31,32);6-7,10,14H,8-9,11-12H2,1-5H3,(H,25,27);7-9H,3-6H2,1-2H3,(H,14,15)/t19-;14-;/m00./s1. The third-order valence-electron chi connectivity index (χ3n) is 16.0. The highest BCUT2D eigenvalue weighted by Gasteiger charge is 2.52. The first kappa shape index (κ1) is 69.6. The van der Waals surface area contributed by atoms with E-state index in [1.807, 2.05) is 69.5 Å². The van der Waals surface area contributed by atoms with Gasteiger partial charge < -0.3 is 49.0 Å². The maximum atomic E-state index is 12.8. The van der Waals surface area contributed by atoms with Gasteiger partial charge in [-0.15, -0.1) is 0 Å². The molecule has 2 aromatic carbocycles. The molecular formula is C58H80BClF6N10O10S2. The summed E-state index contributed by atoms with van der Waals surface area (Å²) in [5.41, 5.74) is 4.21. The Morgan fingerprint density at radius 1 is 0.625 bits per heavy atom. The first-order valence-corrected chi connectivity index (χ1v) is 32.6. The Labute approximate surface area is 517 Å². The summed E-state index contributed by atoms with van der Waals surface area (Å²) in [5.74, 6) is 0.532. The van der Waals surface area contributed by atoms with Crippen LogP contribution in [0.5, 0.6) is 0 Å². The summed E-state index contributed by atoms with van der Waals surface area (Å²) in [7, 11) is -7.63. The van der Waals surface area contributed by atoms with Crippen LogP contribution in [0.2, 0.25) is 5.02 Å². The van der Waals surface area contributed by atoms with E-state index < -0.39 is 98.0 Å². The molecule has 0 saturated carbocycles. The van der Waals surface area contributed by atoms with Gasteiger partial charge in [-0.25, -0.2) is 36.4 Å². The maximum Gasteiger partial charge on any atom is 0.495 e. The third kappa shape index (κ3) is 19.3. The lowest BCUT2D eigenvalue weighted by molar-refractivity contribution is -0.144. The van der Waals surface area contributed by atoms with Crippen LogP contribution in [0.3, 0.4) is 0 Å². The molecule has 5 aliphatic heterocycles. The Morgan fingerprint density at radius 3 is 1.49 bits per heavy atom. The number of rotatable bonds is 14. The summed E-state index contributed by atoms with van der Waals surface area (Å²) in [6.45, 7) is 23.8. The molecule has 5 fully saturated rings. The van der Waals surface area contributed by atoms with Crippen LogP contribution >= 0.6 is 11.6 Å². The summed E-state index contributed by atoms with van der Waals surface area (Å²) in [4.78, 5) is 41.1. The molecule has 0 radical (unpaired) electrons. The smallest absolute Gasteiger partial charge is 0.399 e. The van der Waals surface area contributed by atoms with Gasteiger partial charge in [0.15, 0.2) is 0 Å². The number of amides is 4. The molecular weight excluding hydrogens is 1220 g/mol. The zero-order chi connectivity index (χ0) is 64.7. The predicted octanol–water partition coefficient (Wildman–Crippen LogP) is 10.7. The number of nitrogens with zero attached hydrogens (tertiary/aromatic N) is 6. The monoisotopic (exact) mass is 1300 g/mol. The number of urea groups is 2. The van der Waals surface area contributed by atoms with Crippen molar-refractivity contribution in [1.82, 2.24) is 19.8 Å². The highest BCUT2D eigenvalue weighted by molar-refractivity contribution is 7.93. The summed E-state index contributed by atoms with van der Waals surface area (Å²) < 4.78 is 153. The lowest BCUT2D eigenvalue weighted by Crippen LogP contribution is -2.41. The van der Waals surface area contributed by atoms with E-state index in [1.54, 1.807) is 64.1 Å². The molecule has 0 bridgehead atoms. The highest BCUT2D eigenvalue weighted by atomic mass is 35.5. The van der Waals surface area contributed by atoms with E-state index in [4.69, 9.17) is 30.4 Å². The molecule has 486 valence electrons. The number of carbonyl (C=O) groups is 2. The lowest BCUT2D eigenvalue weighted by atomic mass is 9.76. The molecule has 0 unspecified atom stereocenters. The van der Waals surface area contributed by atoms with E-state index in [2.05, 4.69) is 30.0 Å². The van der Waals surface area contributed by atoms with Crippen LogP contribution in [0.1, 0.15) is 92.2 Å². The molecule has 30 heteroatoms. The van der Waals surface area contributed by atoms with Crippen molar-refractivity contribution in [2.75, 3.05) is 109 Å². The second-order valence-corrected chi connectivity index (χ2v) is 29.0. The zero-order valence-corrected chi connectivity index (χ0v) is 53.6. The van der Waals surface area contributed by atoms with E-state index in [9.17, 15) is 52.8 Å². The fourth-order valence-electron chi connectivity index (χ4n) is 10.1. The molecule has 2 atom stereocenters. The van der Waals surface area contributed by atoms with Crippen LogP contribution < -0.4 is 35.3 Å². The van der Waals surface area contributed by atoms with Crippen molar-refractivity contribution in [2.45, 2.75) is 129 Å². The van der Waals surface area contributed by atoms with Gasteiger partial charge in [-0.2, -0.15) is 26.3 Å². The number of pyridine rings is 2. The molecule has 0 aliphatic carbocycles. The van der Waals surface area contributed by atoms with Gasteiger partial charge in [-0.3, -0.25) is 9.44 Å². The molecule has 0 spiro atoms. The molecule has 5 saturated heterocycles. The van der Waals surface area contributed by atoms with E-state index in [1.165, 1.54) is 15.9 Å². The number of ether oxygens (including phenoxy) is 2. The van der Waals surface area contributed by atoms with Gasteiger partial charge in [0, 0.05) is 87.7 Å². The lowest BCUT2D eigenvalue weighted by Gasteiger charge is -2.32. The van der Waals surface area contributed by atoms with Gasteiger partial charge in [0.2, 0.25) is 20.0 Å². The molecule has 20 nitrogen and oxygen atoms in total. The molecule has 7 heterocycles. The van der Waals surface area contributed by atoms with Crippen LogP contribution in [0, 0.1) is 25.7 Å². The molecule has 4 amide bonds. The van der Waals surface area contributed by atoms with E-state index >= 15 is 0 Å². The minimum atomic E-state index is -4.25. The first-order valence-electron chi connectivity index (χ1n) is 29.2. The number of nitrogens with one attached hydrogen (secondary N) is 4. The third-order valence-corrected chi connectivity index (χ3v) is 19.7. The molecule has 4 N–H and O–H groups in total. The van der Waals surface area contributed by atoms with Gasteiger partial charge >= 0.3 is 31.5 Å². The normalized spacial score (nSPS) is 19.7. The summed E-state index contributed by atoms with van der Waals surface area (Å²) in [6.07, 6.45) is -9.54. The number of aromatic nitrogens is 2. The molecule has 2 aromatic heterocycles. The number of likely N-dealkylation sites (tertiary alicyclic amines) is 2. The van der Waals surface area contributed by atoms with Crippen molar-refractivity contribution in [1.29, 1.82) is 0 Å². The first-order chi connectivity index (χ1) is 41.0. The number of anilines is 6. The highest BCUT2D eigenvalue weighted by Crippen LogP contribution is 2.38. The summed E-state index contributed by atoms with van der Waals surface area (Å²) in [6, 6.07) is 16.7. The Kier molecular flexibility index (Phi) is 22.6. The van der Waals surface area contributed by atoms with Crippen molar-refractivity contribution in [3.63, 3.8) is 0 Å². The average Bonchev–Trinajstić information content (AvgIpc) is 1.68. The quantitative estimate of drug-likeness (QED) is 0.0681. The number of halogens is 7. The van der Waals surface area contributed by atoms with E-state index in [-0.39, 0.29) is 31.3 Å². The Hall–Kier alpha value is -5.85. The molecule has 5 aliphatic rings. The van der Waals surface area contributed by atoms with Gasteiger partial charge in [0.05, 0.1) is 48.1 Å². The minimum Gasteiger partial charge on any atom is -0.399 e.